The summed E-state index contributed by atoms with van der Waals surface area (Å²) in [5, 5.41) is 6.02. The van der Waals surface area contributed by atoms with E-state index < -0.39 is 5.54 Å². The Labute approximate surface area is 211 Å². The molecule has 35 heavy (non-hydrogen) atoms. The zero-order valence-electron chi connectivity index (χ0n) is 20.8. The lowest BCUT2D eigenvalue weighted by atomic mass is 9.74. The Bertz CT molecular complexity index is 1050. The van der Waals surface area contributed by atoms with E-state index in [4.69, 9.17) is 0 Å². The van der Waals surface area contributed by atoms with Gasteiger partial charge in [0.25, 0.3) is 5.91 Å². The fourth-order valence-electron chi connectivity index (χ4n) is 5.16. The Hall–Kier alpha value is -2.78. The molecular formula is C26H35N5O3S. The molecule has 1 aromatic carbocycles. The van der Waals surface area contributed by atoms with Crippen molar-refractivity contribution < 1.29 is 14.4 Å². The van der Waals surface area contributed by atoms with Gasteiger partial charge in [0.2, 0.25) is 5.91 Å². The van der Waals surface area contributed by atoms with E-state index in [1.807, 2.05) is 54.4 Å². The van der Waals surface area contributed by atoms with Crippen molar-refractivity contribution in [1.29, 1.82) is 0 Å². The van der Waals surface area contributed by atoms with Gasteiger partial charge in [-0.1, -0.05) is 30.3 Å². The molecule has 9 heteroatoms. The van der Waals surface area contributed by atoms with Crippen molar-refractivity contribution in [3.8, 4) is 0 Å². The number of carbonyl (C=O) groups is 3. The third-order valence-electron chi connectivity index (χ3n) is 7.17. The topological polar surface area (TPSA) is 85.8 Å². The number of aryl methyl sites for hydroxylation is 2. The zero-order valence-corrected chi connectivity index (χ0v) is 21.6. The largest absolute Gasteiger partial charge is 0.342 e. The lowest BCUT2D eigenvalue weighted by Crippen LogP contribution is -2.57. The number of rotatable bonds is 9. The van der Waals surface area contributed by atoms with E-state index in [2.05, 4.69) is 22.4 Å². The van der Waals surface area contributed by atoms with Crippen molar-refractivity contribution in [1.82, 2.24) is 25.0 Å². The lowest BCUT2D eigenvalue weighted by Gasteiger charge is -2.41. The van der Waals surface area contributed by atoms with Crippen LogP contribution in [0.3, 0.4) is 0 Å². The van der Waals surface area contributed by atoms with Gasteiger partial charge in [-0.25, -0.2) is 9.78 Å². The van der Waals surface area contributed by atoms with Crippen molar-refractivity contribution in [2.45, 2.75) is 44.6 Å². The van der Waals surface area contributed by atoms with Crippen LogP contribution in [-0.2, 0) is 22.4 Å². The molecule has 0 saturated carbocycles. The van der Waals surface area contributed by atoms with Crippen LogP contribution in [0.25, 0.3) is 0 Å². The van der Waals surface area contributed by atoms with Crippen LogP contribution in [0, 0.1) is 12.8 Å². The number of piperidine rings is 1. The molecule has 4 rings (SSSR count). The number of carbonyl (C=O) groups excluding carboxylic acids is 3. The van der Waals surface area contributed by atoms with Gasteiger partial charge < -0.3 is 15.1 Å². The molecule has 8 nitrogen and oxygen atoms in total. The smallest absolute Gasteiger partial charge is 0.325 e. The number of nitrogens with one attached hydrogen (secondary N) is 1. The summed E-state index contributed by atoms with van der Waals surface area (Å²) in [6.45, 7) is 4.10. The van der Waals surface area contributed by atoms with Crippen LogP contribution in [0.1, 0.15) is 35.5 Å². The molecule has 1 atom stereocenters. The normalized spacial score (nSPS) is 21.1. The van der Waals surface area contributed by atoms with Crippen molar-refractivity contribution in [3.05, 3.63) is 52.0 Å². The van der Waals surface area contributed by atoms with Crippen molar-refractivity contribution >= 4 is 29.2 Å². The predicted octanol–water partition coefficient (Wildman–Crippen LogP) is 2.72. The van der Waals surface area contributed by atoms with E-state index in [0.717, 1.165) is 16.3 Å². The third-order valence-corrected chi connectivity index (χ3v) is 7.99. The summed E-state index contributed by atoms with van der Waals surface area (Å²) in [5.74, 6) is -0.0675. The van der Waals surface area contributed by atoms with Gasteiger partial charge >= 0.3 is 6.03 Å². The second-order valence-electron chi connectivity index (χ2n) is 9.84. The number of benzene rings is 1. The quantitative estimate of drug-likeness (QED) is 0.539. The molecule has 1 N–H and O–H groups in total. The summed E-state index contributed by atoms with van der Waals surface area (Å²) in [6, 6.07) is 9.77. The SMILES string of the molecule is Cc1nc(CC(=O)N2CCC([C@]3(CCc4ccccc4)NC(=O)N(CCN(C)C)C3=O)CC2)cs1. The molecule has 2 fully saturated rings. The third kappa shape index (κ3) is 5.73. The minimum absolute atomic E-state index is 0.0161. The van der Waals surface area contributed by atoms with Gasteiger partial charge in [-0.05, 0) is 58.2 Å². The Balaban J connectivity index is 1.47. The van der Waals surface area contributed by atoms with E-state index in [1.165, 1.54) is 4.90 Å². The Kier molecular flexibility index (Phi) is 7.86. The van der Waals surface area contributed by atoms with E-state index >= 15 is 0 Å². The van der Waals surface area contributed by atoms with Gasteiger partial charge in [0.05, 0.1) is 17.1 Å². The first-order chi connectivity index (χ1) is 16.8. The zero-order chi connectivity index (χ0) is 25.0. The highest BCUT2D eigenvalue weighted by Crippen LogP contribution is 2.37. The number of likely N-dealkylation sites (tertiary alicyclic amines) is 1. The number of imide groups is 1. The van der Waals surface area contributed by atoms with Gasteiger partial charge in [-0.3, -0.25) is 14.5 Å². The Morgan fingerprint density at radius 3 is 2.54 bits per heavy atom. The Morgan fingerprint density at radius 2 is 1.91 bits per heavy atom. The number of thiazole rings is 1. The van der Waals surface area contributed by atoms with E-state index in [0.29, 0.717) is 58.3 Å². The van der Waals surface area contributed by atoms with Crippen LogP contribution < -0.4 is 5.32 Å². The second-order valence-corrected chi connectivity index (χ2v) is 10.9. The number of likely N-dealkylation sites (N-methyl/N-ethyl adjacent to an activating group) is 1. The molecule has 2 aliphatic heterocycles. The fraction of sp³-hybridized carbons (Fsp3) is 0.538. The van der Waals surface area contributed by atoms with Crippen LogP contribution in [-0.4, -0.2) is 83.3 Å². The van der Waals surface area contributed by atoms with Crippen molar-refractivity contribution in [2.75, 3.05) is 40.3 Å². The second kappa shape index (κ2) is 10.9. The maximum atomic E-state index is 13.8. The van der Waals surface area contributed by atoms with Gasteiger partial charge in [-0.15, -0.1) is 11.3 Å². The van der Waals surface area contributed by atoms with Crippen LogP contribution in [0.2, 0.25) is 0 Å². The summed E-state index contributed by atoms with van der Waals surface area (Å²) in [5.41, 5.74) is 1.03. The van der Waals surface area contributed by atoms with Crippen molar-refractivity contribution in [3.63, 3.8) is 0 Å². The minimum Gasteiger partial charge on any atom is -0.342 e. The number of hydrogen-bond donors (Lipinski definition) is 1. The monoisotopic (exact) mass is 497 g/mol. The molecule has 2 saturated heterocycles. The molecule has 0 unspecified atom stereocenters. The fourth-order valence-corrected chi connectivity index (χ4v) is 5.77. The molecule has 2 aromatic rings. The maximum absolute atomic E-state index is 13.8. The summed E-state index contributed by atoms with van der Waals surface area (Å²) in [6.07, 6.45) is 2.93. The molecule has 188 valence electrons. The van der Waals surface area contributed by atoms with Crippen LogP contribution >= 0.6 is 11.3 Å². The average molecular weight is 498 g/mol. The standard InChI is InChI=1S/C26H35N5O3S/c1-19-27-22(18-35-19)17-23(32)30-13-10-21(11-14-30)26(12-9-20-7-5-4-6-8-20)24(33)31(25(34)28-26)16-15-29(2)3/h4-8,18,21H,9-17H2,1-3H3,(H,28,34)/t26-/m0/s1. The Morgan fingerprint density at radius 1 is 1.20 bits per heavy atom. The van der Waals surface area contributed by atoms with E-state index in [9.17, 15) is 14.4 Å². The molecule has 0 radical (unpaired) electrons. The first-order valence-electron chi connectivity index (χ1n) is 12.3. The first-order valence-corrected chi connectivity index (χ1v) is 13.2. The first kappa shape index (κ1) is 25.3. The molecule has 0 bridgehead atoms. The lowest BCUT2D eigenvalue weighted by molar-refractivity contribution is -0.136. The van der Waals surface area contributed by atoms with Gasteiger partial charge in [-0.2, -0.15) is 0 Å². The number of hydrogen-bond acceptors (Lipinski definition) is 6. The van der Waals surface area contributed by atoms with Crippen LogP contribution in [0.5, 0.6) is 0 Å². The maximum Gasteiger partial charge on any atom is 0.325 e. The summed E-state index contributed by atoms with van der Waals surface area (Å²) < 4.78 is 0. The van der Waals surface area contributed by atoms with Gasteiger partial charge in [0.15, 0.2) is 0 Å². The summed E-state index contributed by atoms with van der Waals surface area (Å²) in [7, 11) is 3.86. The number of nitrogens with zero attached hydrogens (tertiary/aromatic N) is 4. The highest BCUT2D eigenvalue weighted by atomic mass is 32.1. The number of amides is 4. The molecule has 3 heterocycles. The molecule has 0 spiro atoms. The highest BCUT2D eigenvalue weighted by Gasteiger charge is 2.55. The molecule has 2 aliphatic rings. The molecular weight excluding hydrogens is 462 g/mol. The highest BCUT2D eigenvalue weighted by molar-refractivity contribution is 7.09. The number of urea groups is 1. The minimum atomic E-state index is -0.930. The predicted molar refractivity (Wildman–Crippen MR) is 136 cm³/mol. The van der Waals surface area contributed by atoms with Crippen LogP contribution in [0.15, 0.2) is 35.7 Å². The van der Waals surface area contributed by atoms with Gasteiger partial charge in [0, 0.05) is 31.6 Å². The van der Waals surface area contributed by atoms with E-state index in [-0.39, 0.29) is 23.8 Å². The summed E-state index contributed by atoms with van der Waals surface area (Å²) in [4.78, 5) is 49.2. The van der Waals surface area contributed by atoms with Crippen molar-refractivity contribution in [2.24, 2.45) is 5.92 Å². The summed E-state index contributed by atoms with van der Waals surface area (Å²) >= 11 is 1.55. The molecule has 0 aliphatic carbocycles. The van der Waals surface area contributed by atoms with E-state index in [1.54, 1.807) is 11.3 Å². The van der Waals surface area contributed by atoms with Crippen LogP contribution in [0.4, 0.5) is 4.79 Å². The van der Waals surface area contributed by atoms with Gasteiger partial charge in [0.1, 0.15) is 5.54 Å². The molecule has 4 amide bonds. The number of aromatic nitrogens is 1. The average Bonchev–Trinajstić information content (AvgIpc) is 3.36. The molecule has 1 aromatic heterocycles.